The summed E-state index contributed by atoms with van der Waals surface area (Å²) in [5.74, 6) is -0.840. The number of aromatic hydroxyl groups is 1. The fourth-order valence-corrected chi connectivity index (χ4v) is 3.04. The van der Waals surface area contributed by atoms with Gasteiger partial charge in [0, 0.05) is 24.8 Å². The van der Waals surface area contributed by atoms with Gasteiger partial charge in [0.25, 0.3) is 5.91 Å². The predicted molar refractivity (Wildman–Crippen MR) is 114 cm³/mol. The number of aromatic nitrogens is 1. The predicted octanol–water partition coefficient (Wildman–Crippen LogP) is 2.97. The largest absolute Gasteiger partial charge is 0.507 e. The number of pyridine rings is 1. The van der Waals surface area contributed by atoms with Crippen LogP contribution >= 0.6 is 0 Å². The van der Waals surface area contributed by atoms with Crippen LogP contribution in [0.4, 0.5) is 21.6 Å². The molecule has 0 fully saturated rings. The number of nitrogens with two attached hydrogens (primary N) is 1. The molecular weight excluding hydrogens is 387 g/mol. The van der Waals surface area contributed by atoms with E-state index in [4.69, 9.17) is 10.8 Å². The lowest BCUT2D eigenvalue weighted by Gasteiger charge is -2.21. The second kappa shape index (κ2) is 8.79. The Hall–Kier alpha value is -3.65. The van der Waals surface area contributed by atoms with E-state index in [-0.39, 0.29) is 36.1 Å². The number of amides is 1. The molecule has 2 aromatic carbocycles. The molecule has 5 N–H and O–H groups in total. The second-order valence-electron chi connectivity index (χ2n) is 6.82. The average molecular weight is 410 g/mol. The van der Waals surface area contributed by atoms with Gasteiger partial charge in [-0.05, 0) is 55.0 Å². The Bertz CT molecular complexity index is 1090. The minimum absolute atomic E-state index is 0.00863. The normalized spacial score (nSPS) is 10.7. The number of carbonyl (C=O) groups is 1. The average Bonchev–Trinajstić information content (AvgIpc) is 2.72. The number of phenols is 1. The smallest absolute Gasteiger partial charge is 0.255 e. The number of benzene rings is 2. The maximum Gasteiger partial charge on any atom is 0.255 e. The number of aryl methyl sites for hydroxylation is 1. The van der Waals surface area contributed by atoms with Gasteiger partial charge in [-0.1, -0.05) is 6.07 Å². The molecule has 0 unspecified atom stereocenters. The highest BCUT2D eigenvalue weighted by atomic mass is 19.1. The van der Waals surface area contributed by atoms with Crippen LogP contribution in [0.15, 0.2) is 48.5 Å². The third kappa shape index (κ3) is 4.33. The first-order valence-corrected chi connectivity index (χ1v) is 9.30. The highest BCUT2D eigenvalue weighted by Crippen LogP contribution is 2.35. The molecule has 1 aromatic heterocycles. The Kier molecular flexibility index (Phi) is 6.17. The van der Waals surface area contributed by atoms with Gasteiger partial charge in [-0.2, -0.15) is 0 Å². The van der Waals surface area contributed by atoms with Crippen LogP contribution in [-0.4, -0.2) is 41.3 Å². The number of nitrogen functional groups attached to an aromatic ring is 1. The molecule has 0 spiro atoms. The molecule has 156 valence electrons. The third-order valence-electron chi connectivity index (χ3n) is 4.67. The molecule has 0 radical (unpaired) electrons. The summed E-state index contributed by atoms with van der Waals surface area (Å²) in [5.41, 5.74) is 8.69. The van der Waals surface area contributed by atoms with Gasteiger partial charge in [0.1, 0.15) is 17.4 Å². The Morgan fingerprint density at radius 3 is 2.63 bits per heavy atom. The van der Waals surface area contributed by atoms with Crippen molar-refractivity contribution in [1.29, 1.82) is 0 Å². The van der Waals surface area contributed by atoms with Crippen molar-refractivity contribution in [2.45, 2.75) is 6.92 Å². The maximum atomic E-state index is 14.4. The van der Waals surface area contributed by atoms with Crippen molar-refractivity contribution in [2.75, 3.05) is 30.8 Å². The zero-order chi connectivity index (χ0) is 21.8. The zero-order valence-electron chi connectivity index (χ0n) is 16.7. The van der Waals surface area contributed by atoms with E-state index >= 15 is 0 Å². The number of halogens is 1. The van der Waals surface area contributed by atoms with Crippen LogP contribution in [0, 0.1) is 12.7 Å². The van der Waals surface area contributed by atoms with E-state index in [1.807, 2.05) is 13.0 Å². The molecular formula is C22H23FN4O3. The standard InChI is InChI=1S/C22H23FN4O3/c1-13-3-7-19(17(23)11-13)27(2)14-4-8-20(29)16(12-14)18-6-5-15(21(24)26-18)22(30)25-9-10-28/h3-8,11-12,28-29H,9-10H2,1-2H3,(H2,24,26)(H,25,30). The van der Waals surface area contributed by atoms with Gasteiger partial charge >= 0.3 is 0 Å². The summed E-state index contributed by atoms with van der Waals surface area (Å²) in [5, 5.41) is 21.7. The van der Waals surface area contributed by atoms with Gasteiger partial charge in [0.15, 0.2) is 0 Å². The van der Waals surface area contributed by atoms with E-state index < -0.39 is 5.91 Å². The Labute approximate surface area is 173 Å². The molecule has 0 aliphatic rings. The van der Waals surface area contributed by atoms with Crippen LogP contribution in [0.25, 0.3) is 11.3 Å². The van der Waals surface area contributed by atoms with Gasteiger partial charge < -0.3 is 26.2 Å². The molecule has 0 aliphatic heterocycles. The molecule has 7 nitrogen and oxygen atoms in total. The van der Waals surface area contributed by atoms with Crippen LogP contribution in [0.3, 0.4) is 0 Å². The molecule has 3 rings (SSSR count). The summed E-state index contributed by atoms with van der Waals surface area (Å²) in [6.07, 6.45) is 0. The van der Waals surface area contributed by atoms with Crippen molar-refractivity contribution in [1.82, 2.24) is 10.3 Å². The highest BCUT2D eigenvalue weighted by molar-refractivity contribution is 5.98. The summed E-state index contributed by atoms with van der Waals surface area (Å²) in [6.45, 7) is 1.73. The SMILES string of the molecule is Cc1ccc(N(C)c2ccc(O)c(-c3ccc(C(=O)NCCO)c(N)n3)c2)c(F)c1. The Balaban J connectivity index is 1.95. The number of hydrogen-bond acceptors (Lipinski definition) is 6. The summed E-state index contributed by atoms with van der Waals surface area (Å²) >= 11 is 0. The molecule has 0 saturated carbocycles. The quantitative estimate of drug-likeness (QED) is 0.497. The van der Waals surface area contributed by atoms with Crippen molar-refractivity contribution < 1.29 is 19.4 Å². The highest BCUT2D eigenvalue weighted by Gasteiger charge is 2.16. The molecule has 1 amide bonds. The number of phenolic OH excluding ortho intramolecular Hbond substituents is 1. The van der Waals surface area contributed by atoms with E-state index in [1.54, 1.807) is 36.2 Å². The van der Waals surface area contributed by atoms with E-state index in [0.717, 1.165) is 5.56 Å². The van der Waals surface area contributed by atoms with Crippen LogP contribution in [-0.2, 0) is 0 Å². The monoisotopic (exact) mass is 410 g/mol. The first-order valence-electron chi connectivity index (χ1n) is 9.30. The first-order chi connectivity index (χ1) is 14.3. The van der Waals surface area contributed by atoms with Crippen LogP contribution in [0.1, 0.15) is 15.9 Å². The minimum Gasteiger partial charge on any atom is -0.507 e. The van der Waals surface area contributed by atoms with Gasteiger partial charge in [-0.15, -0.1) is 0 Å². The molecule has 1 heterocycles. The summed E-state index contributed by atoms with van der Waals surface area (Å²) in [4.78, 5) is 18.0. The van der Waals surface area contributed by atoms with Crippen molar-refractivity contribution >= 4 is 23.1 Å². The molecule has 0 bridgehead atoms. The lowest BCUT2D eigenvalue weighted by molar-refractivity contribution is 0.0945. The van der Waals surface area contributed by atoms with Crippen molar-refractivity contribution in [3.05, 3.63) is 65.5 Å². The van der Waals surface area contributed by atoms with Crippen LogP contribution in [0.2, 0.25) is 0 Å². The topological polar surface area (TPSA) is 112 Å². The van der Waals surface area contributed by atoms with E-state index in [2.05, 4.69) is 10.3 Å². The van der Waals surface area contributed by atoms with Gasteiger partial charge in [-0.3, -0.25) is 4.79 Å². The number of aliphatic hydroxyl groups is 1. The van der Waals surface area contributed by atoms with Crippen LogP contribution in [0.5, 0.6) is 5.75 Å². The number of anilines is 3. The van der Waals surface area contributed by atoms with E-state index in [0.29, 0.717) is 22.6 Å². The number of hydrogen-bond donors (Lipinski definition) is 4. The van der Waals surface area contributed by atoms with Gasteiger partial charge in [0.2, 0.25) is 0 Å². The Morgan fingerprint density at radius 2 is 1.97 bits per heavy atom. The summed E-state index contributed by atoms with van der Waals surface area (Å²) in [6, 6.07) is 12.9. The van der Waals surface area contributed by atoms with Crippen molar-refractivity contribution in [3.8, 4) is 17.0 Å². The summed E-state index contributed by atoms with van der Waals surface area (Å²) in [7, 11) is 1.72. The molecule has 0 atom stereocenters. The number of carbonyl (C=O) groups excluding carboxylic acids is 1. The number of nitrogens with zero attached hydrogens (tertiary/aromatic N) is 2. The molecule has 0 saturated heterocycles. The number of rotatable bonds is 6. The van der Waals surface area contributed by atoms with E-state index in [9.17, 15) is 14.3 Å². The maximum absolute atomic E-state index is 14.4. The Morgan fingerprint density at radius 1 is 1.20 bits per heavy atom. The van der Waals surface area contributed by atoms with Gasteiger partial charge in [0.05, 0.1) is 23.6 Å². The third-order valence-corrected chi connectivity index (χ3v) is 4.67. The van der Waals surface area contributed by atoms with E-state index in [1.165, 1.54) is 18.2 Å². The van der Waals surface area contributed by atoms with Crippen LogP contribution < -0.4 is 16.0 Å². The first kappa shape index (κ1) is 21.1. The molecule has 30 heavy (non-hydrogen) atoms. The fraction of sp³-hybridized carbons (Fsp3) is 0.182. The number of aliphatic hydroxyl groups excluding tert-OH is 1. The van der Waals surface area contributed by atoms with Crippen molar-refractivity contribution in [3.63, 3.8) is 0 Å². The molecule has 3 aromatic rings. The molecule has 8 heteroatoms. The lowest BCUT2D eigenvalue weighted by atomic mass is 10.1. The minimum atomic E-state index is -0.451. The zero-order valence-corrected chi connectivity index (χ0v) is 16.7. The molecule has 0 aliphatic carbocycles. The lowest BCUT2D eigenvalue weighted by Crippen LogP contribution is -2.27. The second-order valence-corrected chi connectivity index (χ2v) is 6.82. The summed E-state index contributed by atoms with van der Waals surface area (Å²) < 4.78 is 14.4. The van der Waals surface area contributed by atoms with Crippen molar-refractivity contribution in [2.24, 2.45) is 0 Å². The van der Waals surface area contributed by atoms with Gasteiger partial charge in [-0.25, -0.2) is 9.37 Å². The fourth-order valence-electron chi connectivity index (χ4n) is 3.04. The number of nitrogens with one attached hydrogen (secondary N) is 1.